The SMILES string of the molecule is CC1=C(C)CC(C(=O)NCc2ccccc2)CC1. The van der Waals surface area contributed by atoms with Crippen molar-refractivity contribution in [1.29, 1.82) is 0 Å². The Morgan fingerprint density at radius 1 is 1.22 bits per heavy atom. The van der Waals surface area contributed by atoms with Gasteiger partial charge in [-0.15, -0.1) is 0 Å². The van der Waals surface area contributed by atoms with Crippen LogP contribution in [0.15, 0.2) is 41.5 Å². The molecule has 2 rings (SSSR count). The van der Waals surface area contributed by atoms with Crippen molar-refractivity contribution in [1.82, 2.24) is 5.32 Å². The highest BCUT2D eigenvalue weighted by atomic mass is 16.1. The van der Waals surface area contributed by atoms with Gasteiger partial charge in [0, 0.05) is 12.5 Å². The van der Waals surface area contributed by atoms with E-state index < -0.39 is 0 Å². The Labute approximate surface area is 109 Å². The summed E-state index contributed by atoms with van der Waals surface area (Å²) >= 11 is 0. The van der Waals surface area contributed by atoms with Gasteiger partial charge in [0.25, 0.3) is 0 Å². The number of hydrogen-bond donors (Lipinski definition) is 1. The van der Waals surface area contributed by atoms with Crippen LogP contribution in [0.5, 0.6) is 0 Å². The molecule has 0 aromatic heterocycles. The number of carbonyl (C=O) groups excluding carboxylic acids is 1. The van der Waals surface area contributed by atoms with Crippen LogP contribution in [-0.4, -0.2) is 5.91 Å². The lowest BCUT2D eigenvalue weighted by molar-refractivity contribution is -0.125. The van der Waals surface area contributed by atoms with Gasteiger partial charge in [-0.3, -0.25) is 4.79 Å². The van der Waals surface area contributed by atoms with Gasteiger partial charge in [-0.1, -0.05) is 41.5 Å². The fourth-order valence-electron chi connectivity index (χ4n) is 2.40. The Kier molecular flexibility index (Phi) is 4.19. The number of hydrogen-bond acceptors (Lipinski definition) is 1. The van der Waals surface area contributed by atoms with Gasteiger partial charge in [-0.25, -0.2) is 0 Å². The summed E-state index contributed by atoms with van der Waals surface area (Å²) < 4.78 is 0. The Bertz CT molecular complexity index is 447. The van der Waals surface area contributed by atoms with Crippen LogP contribution in [0.2, 0.25) is 0 Å². The van der Waals surface area contributed by atoms with Gasteiger partial charge in [-0.2, -0.15) is 0 Å². The molecule has 0 heterocycles. The van der Waals surface area contributed by atoms with E-state index >= 15 is 0 Å². The molecule has 1 aromatic rings. The first-order chi connectivity index (χ1) is 8.66. The molecular formula is C16H21NO. The summed E-state index contributed by atoms with van der Waals surface area (Å²) in [7, 11) is 0. The molecule has 0 saturated carbocycles. The van der Waals surface area contributed by atoms with Crippen molar-refractivity contribution in [3.8, 4) is 0 Å². The summed E-state index contributed by atoms with van der Waals surface area (Å²) in [4.78, 5) is 12.1. The topological polar surface area (TPSA) is 29.1 Å². The van der Waals surface area contributed by atoms with E-state index in [2.05, 4.69) is 19.2 Å². The van der Waals surface area contributed by atoms with E-state index in [1.54, 1.807) is 0 Å². The van der Waals surface area contributed by atoms with Crippen molar-refractivity contribution in [2.45, 2.75) is 39.7 Å². The van der Waals surface area contributed by atoms with E-state index in [0.29, 0.717) is 6.54 Å². The molecule has 1 aromatic carbocycles. The van der Waals surface area contributed by atoms with Gasteiger partial charge < -0.3 is 5.32 Å². The van der Waals surface area contributed by atoms with Crippen LogP contribution in [0.25, 0.3) is 0 Å². The first-order valence-electron chi connectivity index (χ1n) is 6.63. The Morgan fingerprint density at radius 3 is 2.61 bits per heavy atom. The zero-order valence-corrected chi connectivity index (χ0v) is 11.2. The highest BCUT2D eigenvalue weighted by Crippen LogP contribution is 2.28. The number of amides is 1. The minimum Gasteiger partial charge on any atom is -0.352 e. The molecule has 1 amide bonds. The average Bonchev–Trinajstić information content (AvgIpc) is 2.40. The van der Waals surface area contributed by atoms with E-state index in [-0.39, 0.29) is 11.8 Å². The second-order valence-corrected chi connectivity index (χ2v) is 5.20. The summed E-state index contributed by atoms with van der Waals surface area (Å²) in [6.45, 7) is 4.96. The Morgan fingerprint density at radius 2 is 1.94 bits per heavy atom. The van der Waals surface area contributed by atoms with Gasteiger partial charge >= 0.3 is 0 Å². The smallest absolute Gasteiger partial charge is 0.223 e. The summed E-state index contributed by atoms with van der Waals surface area (Å²) in [5.74, 6) is 0.364. The molecule has 1 aliphatic carbocycles. The minimum absolute atomic E-state index is 0.164. The van der Waals surface area contributed by atoms with E-state index in [4.69, 9.17) is 0 Å². The van der Waals surface area contributed by atoms with Gasteiger partial charge in [-0.05, 0) is 38.7 Å². The summed E-state index contributed by atoms with van der Waals surface area (Å²) in [5.41, 5.74) is 4.01. The lowest BCUT2D eigenvalue weighted by Crippen LogP contribution is -2.31. The lowest BCUT2D eigenvalue weighted by Gasteiger charge is -2.23. The van der Waals surface area contributed by atoms with Crippen LogP contribution in [0.3, 0.4) is 0 Å². The first-order valence-corrected chi connectivity index (χ1v) is 6.63. The van der Waals surface area contributed by atoms with Crippen LogP contribution < -0.4 is 5.32 Å². The largest absolute Gasteiger partial charge is 0.352 e. The summed E-state index contributed by atoms with van der Waals surface area (Å²) in [5, 5.41) is 3.04. The molecule has 0 aliphatic heterocycles. The first kappa shape index (κ1) is 12.9. The molecule has 1 unspecified atom stereocenters. The number of benzene rings is 1. The number of nitrogens with one attached hydrogen (secondary N) is 1. The van der Waals surface area contributed by atoms with Gasteiger partial charge in [0.15, 0.2) is 0 Å². The van der Waals surface area contributed by atoms with Crippen LogP contribution in [0.4, 0.5) is 0 Å². The lowest BCUT2D eigenvalue weighted by atomic mass is 9.84. The Hall–Kier alpha value is -1.57. The number of rotatable bonds is 3. The standard InChI is InChI=1S/C16H21NO/c1-12-8-9-15(10-13(12)2)16(18)17-11-14-6-4-3-5-7-14/h3-7,15H,8-11H2,1-2H3,(H,17,18). The van der Waals surface area contributed by atoms with Crippen LogP contribution in [-0.2, 0) is 11.3 Å². The van der Waals surface area contributed by atoms with Gasteiger partial charge in [0.2, 0.25) is 5.91 Å². The minimum atomic E-state index is 0.164. The zero-order valence-electron chi connectivity index (χ0n) is 11.2. The number of allylic oxidation sites excluding steroid dienone is 2. The average molecular weight is 243 g/mol. The highest BCUT2D eigenvalue weighted by molar-refractivity contribution is 5.79. The molecule has 1 aliphatic rings. The summed E-state index contributed by atoms with van der Waals surface area (Å²) in [6.07, 6.45) is 2.98. The molecule has 2 heteroatoms. The zero-order chi connectivity index (χ0) is 13.0. The van der Waals surface area contributed by atoms with Crippen LogP contribution >= 0.6 is 0 Å². The van der Waals surface area contributed by atoms with Crippen molar-refractivity contribution in [3.05, 3.63) is 47.0 Å². The predicted molar refractivity (Wildman–Crippen MR) is 74.0 cm³/mol. The molecule has 0 bridgehead atoms. The third kappa shape index (κ3) is 3.22. The molecule has 0 spiro atoms. The van der Waals surface area contributed by atoms with Crippen molar-refractivity contribution in [2.75, 3.05) is 0 Å². The molecule has 0 radical (unpaired) electrons. The van der Waals surface area contributed by atoms with Crippen molar-refractivity contribution in [3.63, 3.8) is 0 Å². The summed E-state index contributed by atoms with van der Waals surface area (Å²) in [6, 6.07) is 10.1. The van der Waals surface area contributed by atoms with E-state index in [0.717, 1.165) is 24.8 Å². The maximum absolute atomic E-state index is 12.1. The normalized spacial score (nSPS) is 19.8. The van der Waals surface area contributed by atoms with E-state index in [9.17, 15) is 4.79 Å². The maximum Gasteiger partial charge on any atom is 0.223 e. The van der Waals surface area contributed by atoms with Crippen molar-refractivity contribution < 1.29 is 4.79 Å². The second-order valence-electron chi connectivity index (χ2n) is 5.20. The second kappa shape index (κ2) is 5.85. The van der Waals surface area contributed by atoms with Crippen LogP contribution in [0, 0.1) is 5.92 Å². The van der Waals surface area contributed by atoms with Gasteiger partial charge in [0.05, 0.1) is 0 Å². The predicted octanol–water partition coefficient (Wildman–Crippen LogP) is 3.44. The third-order valence-corrected chi connectivity index (χ3v) is 3.83. The molecule has 18 heavy (non-hydrogen) atoms. The van der Waals surface area contributed by atoms with E-state index in [1.807, 2.05) is 30.3 Å². The monoisotopic (exact) mass is 243 g/mol. The van der Waals surface area contributed by atoms with E-state index in [1.165, 1.54) is 11.1 Å². The fraction of sp³-hybridized carbons (Fsp3) is 0.438. The third-order valence-electron chi connectivity index (χ3n) is 3.83. The molecule has 96 valence electrons. The van der Waals surface area contributed by atoms with Gasteiger partial charge in [0.1, 0.15) is 0 Å². The fourth-order valence-corrected chi connectivity index (χ4v) is 2.40. The van der Waals surface area contributed by atoms with Crippen molar-refractivity contribution in [2.24, 2.45) is 5.92 Å². The molecule has 0 saturated heterocycles. The molecule has 1 atom stereocenters. The molecular weight excluding hydrogens is 222 g/mol. The van der Waals surface area contributed by atoms with Crippen molar-refractivity contribution >= 4 is 5.91 Å². The molecule has 1 N–H and O–H groups in total. The van der Waals surface area contributed by atoms with Crippen LogP contribution in [0.1, 0.15) is 38.7 Å². The highest BCUT2D eigenvalue weighted by Gasteiger charge is 2.22. The molecule has 0 fully saturated rings. The quantitative estimate of drug-likeness (QED) is 0.810. The maximum atomic E-state index is 12.1. The number of carbonyl (C=O) groups is 1. The Balaban J connectivity index is 1.86. The molecule has 2 nitrogen and oxygen atoms in total.